The zero-order valence-corrected chi connectivity index (χ0v) is 16.3. The lowest BCUT2D eigenvalue weighted by atomic mass is 10.0. The number of benzene rings is 2. The Bertz CT molecular complexity index is 740. The summed E-state index contributed by atoms with van der Waals surface area (Å²) in [5.41, 5.74) is 2.00. The van der Waals surface area contributed by atoms with E-state index in [0.29, 0.717) is 13.0 Å². The summed E-state index contributed by atoms with van der Waals surface area (Å²) in [7, 11) is 1.79. The molecule has 152 valence electrons. The molecule has 0 aromatic heterocycles. The van der Waals surface area contributed by atoms with Gasteiger partial charge in [0.2, 0.25) is 5.91 Å². The maximum absolute atomic E-state index is 12.6. The molecule has 2 aromatic carbocycles. The lowest BCUT2D eigenvalue weighted by Gasteiger charge is -2.15. The quantitative estimate of drug-likeness (QED) is 0.643. The van der Waals surface area contributed by atoms with Gasteiger partial charge in [-0.25, -0.2) is 0 Å². The number of carbonyl (C=O) groups is 1. The molecule has 0 aliphatic rings. The van der Waals surface area contributed by atoms with Crippen LogP contribution in [-0.4, -0.2) is 25.5 Å². The molecule has 6 heteroatoms. The van der Waals surface area contributed by atoms with Crippen LogP contribution < -0.4 is 10.6 Å². The fourth-order valence-electron chi connectivity index (χ4n) is 2.98. The Balaban J connectivity index is 1.88. The van der Waals surface area contributed by atoms with Gasteiger partial charge in [0.25, 0.3) is 0 Å². The molecule has 1 amide bonds. The van der Waals surface area contributed by atoms with Gasteiger partial charge in [0.05, 0.1) is 11.6 Å². The normalized spacial score (nSPS) is 12.6. The van der Waals surface area contributed by atoms with Crippen molar-refractivity contribution in [1.29, 1.82) is 0 Å². The monoisotopic (exact) mass is 392 g/mol. The Hall–Kier alpha value is -2.34. The summed E-state index contributed by atoms with van der Waals surface area (Å²) in [5, 5.41) is 5.99. The van der Waals surface area contributed by atoms with Crippen LogP contribution >= 0.6 is 0 Å². The molecule has 0 saturated heterocycles. The minimum Gasteiger partial charge on any atom is -0.354 e. The number of hydrogen-bond acceptors (Lipinski definition) is 2. The second-order valence-electron chi connectivity index (χ2n) is 6.80. The number of alkyl halides is 3. The fourth-order valence-corrected chi connectivity index (χ4v) is 2.98. The lowest BCUT2D eigenvalue weighted by molar-refractivity contribution is -0.137. The molecular formula is C22H27F3N2O. The maximum Gasteiger partial charge on any atom is 0.416 e. The van der Waals surface area contributed by atoms with Gasteiger partial charge in [0, 0.05) is 6.54 Å². The first kappa shape index (κ1) is 22.0. The fraction of sp³-hybridized carbons (Fsp3) is 0.409. The van der Waals surface area contributed by atoms with Crippen molar-refractivity contribution in [2.24, 2.45) is 0 Å². The standard InChI is InChI=1S/C22H27F3N2O/c1-3-4-5-20(26-2)21(28)27-15-14-16-6-8-17(9-7-16)18-10-12-19(13-11-18)22(23,24)25/h6-13,20,26H,3-5,14-15H2,1-2H3,(H,27,28). The number of likely N-dealkylation sites (N-methyl/N-ethyl adjacent to an activating group) is 1. The molecule has 0 spiro atoms. The smallest absolute Gasteiger partial charge is 0.354 e. The van der Waals surface area contributed by atoms with Crippen LogP contribution in [0.1, 0.15) is 37.3 Å². The van der Waals surface area contributed by atoms with E-state index in [4.69, 9.17) is 0 Å². The van der Waals surface area contributed by atoms with Crippen molar-refractivity contribution in [2.45, 2.75) is 44.8 Å². The Morgan fingerprint density at radius 3 is 2.07 bits per heavy atom. The Morgan fingerprint density at radius 1 is 1.00 bits per heavy atom. The number of hydrogen-bond donors (Lipinski definition) is 2. The highest BCUT2D eigenvalue weighted by molar-refractivity contribution is 5.81. The molecule has 0 radical (unpaired) electrons. The predicted molar refractivity (Wildman–Crippen MR) is 106 cm³/mol. The highest BCUT2D eigenvalue weighted by atomic mass is 19.4. The Morgan fingerprint density at radius 2 is 1.57 bits per heavy atom. The van der Waals surface area contributed by atoms with E-state index in [0.717, 1.165) is 48.1 Å². The first-order chi connectivity index (χ1) is 13.3. The van der Waals surface area contributed by atoms with Crippen molar-refractivity contribution in [3.05, 3.63) is 59.7 Å². The van der Waals surface area contributed by atoms with E-state index >= 15 is 0 Å². The topological polar surface area (TPSA) is 41.1 Å². The number of nitrogens with one attached hydrogen (secondary N) is 2. The van der Waals surface area contributed by atoms with Crippen molar-refractivity contribution in [2.75, 3.05) is 13.6 Å². The highest BCUT2D eigenvalue weighted by Gasteiger charge is 2.29. The van der Waals surface area contributed by atoms with Crippen molar-refractivity contribution in [1.82, 2.24) is 10.6 Å². The molecule has 0 saturated carbocycles. The second-order valence-corrected chi connectivity index (χ2v) is 6.80. The SMILES string of the molecule is CCCCC(NC)C(=O)NCCc1ccc(-c2ccc(C(F)(F)F)cc2)cc1. The van der Waals surface area contributed by atoms with Crippen molar-refractivity contribution in [3.8, 4) is 11.1 Å². The van der Waals surface area contributed by atoms with E-state index in [2.05, 4.69) is 17.6 Å². The number of carbonyl (C=O) groups excluding carboxylic acids is 1. The van der Waals surface area contributed by atoms with Gasteiger partial charge in [-0.1, -0.05) is 56.2 Å². The minimum atomic E-state index is -4.32. The number of unbranched alkanes of at least 4 members (excludes halogenated alkanes) is 1. The molecular weight excluding hydrogens is 365 g/mol. The molecule has 28 heavy (non-hydrogen) atoms. The average Bonchev–Trinajstić information content (AvgIpc) is 2.68. The molecule has 3 nitrogen and oxygen atoms in total. The summed E-state index contributed by atoms with van der Waals surface area (Å²) in [4.78, 5) is 12.2. The molecule has 0 aliphatic carbocycles. The summed E-state index contributed by atoms with van der Waals surface area (Å²) in [5.74, 6) is 0.0114. The molecule has 2 aromatic rings. The van der Waals surface area contributed by atoms with E-state index in [-0.39, 0.29) is 11.9 Å². The van der Waals surface area contributed by atoms with Crippen LogP contribution in [0.3, 0.4) is 0 Å². The number of amides is 1. The highest BCUT2D eigenvalue weighted by Crippen LogP contribution is 2.31. The Labute approximate surface area is 164 Å². The van der Waals surface area contributed by atoms with Gasteiger partial charge < -0.3 is 10.6 Å². The molecule has 0 fully saturated rings. The molecule has 0 aliphatic heterocycles. The third-order valence-electron chi connectivity index (χ3n) is 4.72. The van der Waals surface area contributed by atoms with Crippen molar-refractivity contribution in [3.63, 3.8) is 0 Å². The molecule has 0 bridgehead atoms. The van der Waals surface area contributed by atoms with Crippen LogP contribution in [0.25, 0.3) is 11.1 Å². The van der Waals surface area contributed by atoms with Crippen molar-refractivity contribution < 1.29 is 18.0 Å². The summed E-state index contributed by atoms with van der Waals surface area (Å²) in [6.45, 7) is 2.64. The van der Waals surface area contributed by atoms with Crippen LogP contribution in [0.2, 0.25) is 0 Å². The van der Waals surface area contributed by atoms with Gasteiger partial charge in [-0.05, 0) is 48.7 Å². The van der Waals surface area contributed by atoms with E-state index in [1.54, 1.807) is 7.05 Å². The zero-order chi connectivity index (χ0) is 20.6. The second kappa shape index (κ2) is 10.3. The van der Waals surface area contributed by atoms with Crippen LogP contribution in [-0.2, 0) is 17.4 Å². The van der Waals surface area contributed by atoms with Gasteiger partial charge in [0.15, 0.2) is 0 Å². The third kappa shape index (κ3) is 6.37. The van der Waals surface area contributed by atoms with E-state index in [1.807, 2.05) is 24.3 Å². The summed E-state index contributed by atoms with van der Waals surface area (Å²) in [6.07, 6.45) is -0.749. The molecule has 2 N–H and O–H groups in total. The van der Waals surface area contributed by atoms with Gasteiger partial charge in [-0.3, -0.25) is 4.79 Å². The van der Waals surface area contributed by atoms with Crippen molar-refractivity contribution >= 4 is 5.91 Å². The first-order valence-electron chi connectivity index (χ1n) is 9.56. The van der Waals surface area contributed by atoms with E-state index in [1.165, 1.54) is 12.1 Å². The van der Waals surface area contributed by atoms with E-state index in [9.17, 15) is 18.0 Å². The third-order valence-corrected chi connectivity index (χ3v) is 4.72. The Kier molecular flexibility index (Phi) is 8.05. The van der Waals surface area contributed by atoms with Gasteiger partial charge >= 0.3 is 6.18 Å². The lowest BCUT2D eigenvalue weighted by Crippen LogP contribution is -2.43. The predicted octanol–water partition coefficient (Wildman–Crippen LogP) is 4.81. The van der Waals surface area contributed by atoms with Crippen LogP contribution in [0.5, 0.6) is 0 Å². The molecule has 0 heterocycles. The average molecular weight is 392 g/mol. The zero-order valence-electron chi connectivity index (χ0n) is 16.3. The minimum absolute atomic E-state index is 0.0114. The number of halogens is 3. The van der Waals surface area contributed by atoms with Gasteiger partial charge in [-0.15, -0.1) is 0 Å². The van der Waals surface area contributed by atoms with E-state index < -0.39 is 11.7 Å². The first-order valence-corrected chi connectivity index (χ1v) is 9.56. The van der Waals surface area contributed by atoms with Crippen LogP contribution in [0.15, 0.2) is 48.5 Å². The molecule has 1 unspecified atom stereocenters. The molecule has 1 atom stereocenters. The summed E-state index contributed by atoms with van der Waals surface area (Å²) in [6, 6.07) is 12.6. The van der Waals surface area contributed by atoms with Gasteiger partial charge in [0.1, 0.15) is 0 Å². The summed E-state index contributed by atoms with van der Waals surface area (Å²) < 4.78 is 37.9. The van der Waals surface area contributed by atoms with Crippen LogP contribution in [0.4, 0.5) is 13.2 Å². The summed E-state index contributed by atoms with van der Waals surface area (Å²) >= 11 is 0. The number of rotatable bonds is 9. The van der Waals surface area contributed by atoms with Crippen LogP contribution in [0, 0.1) is 0 Å². The maximum atomic E-state index is 12.6. The molecule has 2 rings (SSSR count). The van der Waals surface area contributed by atoms with Gasteiger partial charge in [-0.2, -0.15) is 13.2 Å². The largest absolute Gasteiger partial charge is 0.416 e.